The highest BCUT2D eigenvalue weighted by Crippen LogP contribution is 2.62. The van der Waals surface area contributed by atoms with E-state index in [2.05, 4.69) is 139 Å². The molecule has 1 aliphatic carbocycles. The molecule has 2 aliphatic rings. The zero-order valence-electron chi connectivity index (χ0n) is 24.8. The first kappa shape index (κ1) is 25.3. The lowest BCUT2D eigenvalue weighted by Gasteiger charge is -2.39. The van der Waals surface area contributed by atoms with E-state index in [0.29, 0.717) is 0 Å². The van der Waals surface area contributed by atoms with E-state index >= 15 is 0 Å². The van der Waals surface area contributed by atoms with E-state index in [1.54, 1.807) is 0 Å². The van der Waals surface area contributed by atoms with Crippen LogP contribution in [0.5, 0.6) is 11.5 Å². The van der Waals surface area contributed by atoms with Crippen LogP contribution >= 0.6 is 0 Å². The summed E-state index contributed by atoms with van der Waals surface area (Å²) >= 11 is 0. The minimum atomic E-state index is -0.485. The van der Waals surface area contributed by atoms with E-state index in [1.807, 2.05) is 24.3 Å². The van der Waals surface area contributed by atoms with E-state index in [0.717, 1.165) is 61.5 Å². The van der Waals surface area contributed by atoms with Crippen LogP contribution in [0.1, 0.15) is 22.3 Å². The van der Waals surface area contributed by atoms with Gasteiger partial charge in [-0.15, -0.1) is 0 Å². The van der Waals surface area contributed by atoms with Crippen LogP contribution in [0, 0.1) is 0 Å². The summed E-state index contributed by atoms with van der Waals surface area (Å²) in [7, 11) is 0. The summed E-state index contributed by atoms with van der Waals surface area (Å²) in [4.78, 5) is 0. The molecule has 0 saturated carbocycles. The number of ether oxygens (including phenoxy) is 1. The summed E-state index contributed by atoms with van der Waals surface area (Å²) < 4.78 is 12.8. The number of anilines is 2. The van der Waals surface area contributed by atoms with Crippen molar-refractivity contribution < 1.29 is 9.15 Å². The Morgan fingerprint density at radius 1 is 0.457 bits per heavy atom. The van der Waals surface area contributed by atoms with E-state index in [9.17, 15) is 0 Å². The Kier molecular flexibility index (Phi) is 5.20. The molecule has 2 heterocycles. The van der Waals surface area contributed by atoms with Gasteiger partial charge in [-0.2, -0.15) is 0 Å². The number of hydrogen-bond donors (Lipinski definition) is 1. The van der Waals surface area contributed by atoms with Crippen LogP contribution in [0.4, 0.5) is 11.4 Å². The highest BCUT2D eigenvalue weighted by atomic mass is 16.5. The van der Waals surface area contributed by atoms with E-state index in [4.69, 9.17) is 9.15 Å². The van der Waals surface area contributed by atoms with Gasteiger partial charge in [0.1, 0.15) is 22.7 Å². The molecule has 216 valence electrons. The van der Waals surface area contributed by atoms with E-state index < -0.39 is 5.41 Å². The van der Waals surface area contributed by atoms with Gasteiger partial charge in [-0.05, 0) is 81.9 Å². The fourth-order valence-electron chi connectivity index (χ4n) is 7.85. The molecule has 0 fully saturated rings. The number of furan rings is 1. The predicted octanol–water partition coefficient (Wildman–Crippen LogP) is 11.5. The van der Waals surface area contributed by atoms with E-state index in [-0.39, 0.29) is 0 Å². The van der Waals surface area contributed by atoms with Gasteiger partial charge in [-0.3, -0.25) is 0 Å². The number of hydrogen-bond acceptors (Lipinski definition) is 3. The van der Waals surface area contributed by atoms with Crippen molar-refractivity contribution in [1.82, 2.24) is 0 Å². The standard InChI is InChI=1S/C43H27NO2/c1-4-16-33-30(13-1)31-14-2-5-17-34(31)43(33)35-18-6-8-21-39(35)46-40-24-23-28(26-36(40)43)27-11-9-12-29(25-27)44-37-19-10-22-41-42(37)32-15-3-7-20-38(32)45-41/h1-26,44H. The van der Waals surface area contributed by atoms with Crippen molar-refractivity contribution >= 4 is 33.3 Å². The molecule has 0 unspecified atom stereocenters. The SMILES string of the molecule is c1cc(Nc2cccc3oc4ccccc4c23)cc(-c2ccc3c(c2)C2(c4ccccc4O3)c3ccccc3-c3ccccc32)c1. The van der Waals surface area contributed by atoms with E-state index in [1.165, 1.54) is 27.8 Å². The Labute approximate surface area is 266 Å². The third kappa shape index (κ3) is 3.43. The highest BCUT2D eigenvalue weighted by Gasteiger charge is 2.50. The van der Waals surface area contributed by atoms with Gasteiger partial charge in [0, 0.05) is 22.2 Å². The molecule has 3 heteroatoms. The molecule has 1 spiro atoms. The molecular weight excluding hydrogens is 562 g/mol. The summed E-state index contributed by atoms with van der Waals surface area (Å²) in [6, 6.07) is 55.9. The third-order valence-corrected chi connectivity index (χ3v) is 9.72. The van der Waals surface area contributed by atoms with Gasteiger partial charge in [0.25, 0.3) is 0 Å². The van der Waals surface area contributed by atoms with Crippen LogP contribution in [0.25, 0.3) is 44.2 Å². The predicted molar refractivity (Wildman–Crippen MR) is 186 cm³/mol. The lowest BCUT2D eigenvalue weighted by Crippen LogP contribution is -2.32. The number of para-hydroxylation sites is 2. The quantitative estimate of drug-likeness (QED) is 0.223. The second-order valence-electron chi connectivity index (χ2n) is 12.1. The van der Waals surface area contributed by atoms with Gasteiger partial charge in [-0.1, -0.05) is 109 Å². The second kappa shape index (κ2) is 9.47. The van der Waals surface area contributed by atoms with Gasteiger partial charge in [-0.25, -0.2) is 0 Å². The fraction of sp³-hybridized carbons (Fsp3) is 0.0233. The molecule has 1 N–H and O–H groups in total. The average molecular weight is 590 g/mol. The summed E-state index contributed by atoms with van der Waals surface area (Å²) in [5, 5.41) is 5.90. The maximum atomic E-state index is 6.63. The Hall–Kier alpha value is -6.06. The Balaban J connectivity index is 1.14. The largest absolute Gasteiger partial charge is 0.457 e. The van der Waals surface area contributed by atoms with Crippen molar-refractivity contribution in [1.29, 1.82) is 0 Å². The van der Waals surface area contributed by atoms with Crippen LogP contribution in [-0.4, -0.2) is 0 Å². The maximum absolute atomic E-state index is 6.63. The zero-order chi connectivity index (χ0) is 30.2. The van der Waals surface area contributed by atoms with Gasteiger partial charge < -0.3 is 14.5 Å². The molecule has 0 amide bonds. The van der Waals surface area contributed by atoms with Crippen LogP contribution in [0.3, 0.4) is 0 Å². The lowest BCUT2D eigenvalue weighted by molar-refractivity contribution is 0.436. The highest BCUT2D eigenvalue weighted by molar-refractivity contribution is 6.12. The zero-order valence-corrected chi connectivity index (χ0v) is 24.8. The Morgan fingerprint density at radius 2 is 1.11 bits per heavy atom. The van der Waals surface area contributed by atoms with Gasteiger partial charge >= 0.3 is 0 Å². The Bertz CT molecular complexity index is 2460. The van der Waals surface area contributed by atoms with Crippen molar-refractivity contribution in [3.63, 3.8) is 0 Å². The van der Waals surface area contributed by atoms with Crippen LogP contribution in [-0.2, 0) is 5.41 Å². The topological polar surface area (TPSA) is 34.4 Å². The minimum absolute atomic E-state index is 0.485. The molecule has 0 saturated heterocycles. The molecule has 10 rings (SSSR count). The Morgan fingerprint density at radius 3 is 1.96 bits per heavy atom. The van der Waals surface area contributed by atoms with Crippen LogP contribution in [0.2, 0.25) is 0 Å². The molecule has 46 heavy (non-hydrogen) atoms. The van der Waals surface area contributed by atoms with Crippen LogP contribution < -0.4 is 10.1 Å². The summed E-state index contributed by atoms with van der Waals surface area (Å²) in [6.07, 6.45) is 0. The van der Waals surface area contributed by atoms with Crippen molar-refractivity contribution in [3.8, 4) is 33.8 Å². The van der Waals surface area contributed by atoms with Gasteiger partial charge in [0.05, 0.1) is 16.5 Å². The fourth-order valence-corrected chi connectivity index (χ4v) is 7.85. The third-order valence-electron chi connectivity index (χ3n) is 9.72. The molecule has 7 aromatic carbocycles. The van der Waals surface area contributed by atoms with Crippen molar-refractivity contribution in [2.24, 2.45) is 0 Å². The first-order valence-electron chi connectivity index (χ1n) is 15.7. The first-order valence-corrected chi connectivity index (χ1v) is 15.7. The molecule has 0 bridgehead atoms. The normalized spacial score (nSPS) is 13.6. The molecule has 1 aromatic heterocycles. The number of rotatable bonds is 3. The molecular formula is C43H27NO2. The molecule has 8 aromatic rings. The van der Waals surface area contributed by atoms with Gasteiger partial charge in [0.2, 0.25) is 0 Å². The monoisotopic (exact) mass is 589 g/mol. The first-order chi connectivity index (χ1) is 22.8. The number of nitrogens with one attached hydrogen (secondary N) is 1. The molecule has 3 nitrogen and oxygen atoms in total. The van der Waals surface area contributed by atoms with Gasteiger partial charge in [0.15, 0.2) is 0 Å². The summed E-state index contributed by atoms with van der Waals surface area (Å²) in [6.45, 7) is 0. The number of fused-ring (bicyclic) bond motifs is 12. The summed E-state index contributed by atoms with van der Waals surface area (Å²) in [5.74, 6) is 1.79. The van der Waals surface area contributed by atoms with Crippen molar-refractivity contribution in [2.75, 3.05) is 5.32 Å². The second-order valence-corrected chi connectivity index (χ2v) is 12.1. The number of benzene rings is 7. The smallest absolute Gasteiger partial charge is 0.137 e. The maximum Gasteiger partial charge on any atom is 0.137 e. The minimum Gasteiger partial charge on any atom is -0.457 e. The average Bonchev–Trinajstić information content (AvgIpc) is 3.64. The summed E-state index contributed by atoms with van der Waals surface area (Å²) in [5.41, 5.74) is 13.1. The lowest BCUT2D eigenvalue weighted by atomic mass is 9.66. The van der Waals surface area contributed by atoms with Crippen molar-refractivity contribution in [3.05, 3.63) is 180 Å². The molecule has 0 radical (unpaired) electrons. The molecule has 0 atom stereocenters. The molecule has 1 aliphatic heterocycles. The van der Waals surface area contributed by atoms with Crippen molar-refractivity contribution in [2.45, 2.75) is 5.41 Å². The van der Waals surface area contributed by atoms with Crippen LogP contribution in [0.15, 0.2) is 162 Å².